The largest absolute Gasteiger partial charge is 0.473 e. The van der Waals surface area contributed by atoms with Gasteiger partial charge in [-0.3, -0.25) is 0 Å². The molecule has 0 rings (SSSR count). The van der Waals surface area contributed by atoms with Gasteiger partial charge in [-0.05, 0) is 0 Å². The number of rotatable bonds is 1. The number of hydroxylamine groups is 2. The molecule has 0 saturated heterocycles. The Hall–Kier alpha value is -1.14. The van der Waals surface area contributed by atoms with Crippen molar-refractivity contribution in [3.63, 3.8) is 0 Å². The molecule has 0 bridgehead atoms. The molecule has 11 heavy (non-hydrogen) atoms. The normalized spacial score (nSPS) is 8.36. The van der Waals surface area contributed by atoms with Gasteiger partial charge in [0.15, 0.2) is 0 Å². The van der Waals surface area contributed by atoms with E-state index in [1.807, 2.05) is 6.92 Å². The summed E-state index contributed by atoms with van der Waals surface area (Å²) in [5.74, 6) is -3.65. The second-order valence-corrected chi connectivity index (χ2v) is 1.58. The van der Waals surface area contributed by atoms with Crippen LogP contribution in [-0.4, -0.2) is 46.0 Å². The minimum Gasteiger partial charge on any atom is -0.473 e. The molecule has 0 aliphatic heterocycles. The van der Waals surface area contributed by atoms with Crippen LogP contribution in [-0.2, 0) is 9.59 Å². The standard InChI is InChI=1S/C3H9NO.C2H2O4/c1-3-4(2)5;3-1(4)2(5)6/h5H,3H2,1-2H3;(H,3,4)(H,5,6). The number of hydrogen-bond acceptors (Lipinski definition) is 4. The number of aliphatic carboxylic acids is 2. The summed E-state index contributed by atoms with van der Waals surface area (Å²) in [7, 11) is 1.61. The van der Waals surface area contributed by atoms with Crippen LogP contribution in [0.25, 0.3) is 0 Å². The lowest BCUT2D eigenvalue weighted by molar-refractivity contribution is -0.159. The minimum atomic E-state index is -1.82. The average molecular weight is 165 g/mol. The van der Waals surface area contributed by atoms with Gasteiger partial charge in [-0.2, -0.15) is 5.06 Å². The Labute approximate surface area is 63.6 Å². The summed E-state index contributed by atoms with van der Waals surface area (Å²) in [6.45, 7) is 2.57. The average Bonchev–Trinajstić information content (AvgIpc) is 1.89. The first-order chi connectivity index (χ1) is 4.91. The smallest absolute Gasteiger partial charge is 0.414 e. The maximum Gasteiger partial charge on any atom is 0.414 e. The zero-order valence-corrected chi connectivity index (χ0v) is 6.31. The molecule has 6 heteroatoms. The first-order valence-electron chi connectivity index (χ1n) is 2.78. The van der Waals surface area contributed by atoms with Crippen molar-refractivity contribution >= 4 is 11.9 Å². The molecule has 0 spiro atoms. The Kier molecular flexibility index (Phi) is 7.94. The van der Waals surface area contributed by atoms with E-state index in [4.69, 9.17) is 25.0 Å². The molecule has 0 fully saturated rings. The summed E-state index contributed by atoms with van der Waals surface area (Å²) >= 11 is 0. The number of carboxylic acids is 2. The maximum absolute atomic E-state index is 9.10. The van der Waals surface area contributed by atoms with Gasteiger partial charge in [0.05, 0.1) is 0 Å². The zero-order chi connectivity index (χ0) is 9.44. The second-order valence-electron chi connectivity index (χ2n) is 1.58. The van der Waals surface area contributed by atoms with Crippen molar-refractivity contribution in [2.24, 2.45) is 0 Å². The van der Waals surface area contributed by atoms with Crippen LogP contribution >= 0.6 is 0 Å². The summed E-state index contributed by atoms with van der Waals surface area (Å²) in [6.07, 6.45) is 0. The molecule has 0 radical (unpaired) electrons. The van der Waals surface area contributed by atoms with Gasteiger partial charge < -0.3 is 15.4 Å². The van der Waals surface area contributed by atoms with Crippen LogP contribution in [0.3, 0.4) is 0 Å². The van der Waals surface area contributed by atoms with E-state index in [1.54, 1.807) is 7.05 Å². The van der Waals surface area contributed by atoms with Crippen LogP contribution in [0.2, 0.25) is 0 Å². The summed E-state index contributed by atoms with van der Waals surface area (Å²) < 4.78 is 0. The summed E-state index contributed by atoms with van der Waals surface area (Å²) in [5, 5.41) is 24.1. The fraction of sp³-hybridized carbons (Fsp3) is 0.600. The lowest BCUT2D eigenvalue weighted by Gasteiger charge is -1.98. The van der Waals surface area contributed by atoms with E-state index in [0.29, 0.717) is 6.54 Å². The van der Waals surface area contributed by atoms with E-state index in [-0.39, 0.29) is 0 Å². The molecule has 0 aromatic rings. The van der Waals surface area contributed by atoms with E-state index in [2.05, 4.69) is 0 Å². The van der Waals surface area contributed by atoms with Crippen molar-refractivity contribution in [3.05, 3.63) is 0 Å². The minimum absolute atomic E-state index is 0.694. The lowest BCUT2D eigenvalue weighted by atomic mass is 10.7. The van der Waals surface area contributed by atoms with Crippen molar-refractivity contribution in [2.45, 2.75) is 6.92 Å². The van der Waals surface area contributed by atoms with Gasteiger partial charge >= 0.3 is 11.9 Å². The highest BCUT2D eigenvalue weighted by molar-refractivity contribution is 6.27. The van der Waals surface area contributed by atoms with Gasteiger partial charge in [-0.1, -0.05) is 6.92 Å². The van der Waals surface area contributed by atoms with Crippen LogP contribution in [0.4, 0.5) is 0 Å². The van der Waals surface area contributed by atoms with Gasteiger partial charge in [0, 0.05) is 13.6 Å². The lowest BCUT2D eigenvalue weighted by Crippen LogP contribution is -2.09. The van der Waals surface area contributed by atoms with E-state index < -0.39 is 11.9 Å². The topological polar surface area (TPSA) is 98.1 Å². The Morgan fingerprint density at radius 3 is 1.45 bits per heavy atom. The van der Waals surface area contributed by atoms with Gasteiger partial charge in [-0.25, -0.2) is 9.59 Å². The number of carboxylic acid groups (broad SMARTS) is 2. The van der Waals surface area contributed by atoms with Crippen LogP contribution in [0.1, 0.15) is 6.92 Å². The van der Waals surface area contributed by atoms with Crippen molar-refractivity contribution in [3.8, 4) is 0 Å². The first kappa shape index (κ1) is 12.5. The fourth-order valence-electron chi connectivity index (χ4n) is 0. The Bertz CT molecular complexity index is 121. The molecule has 0 amide bonds. The molecule has 0 unspecified atom stereocenters. The monoisotopic (exact) mass is 165 g/mol. The predicted molar refractivity (Wildman–Crippen MR) is 35.4 cm³/mol. The van der Waals surface area contributed by atoms with E-state index >= 15 is 0 Å². The SMILES string of the molecule is CCN(C)O.O=C(O)C(=O)O. The molecular formula is C5H11NO5. The molecule has 0 saturated carbocycles. The molecule has 0 aromatic carbocycles. The molecule has 0 atom stereocenters. The van der Waals surface area contributed by atoms with Gasteiger partial charge in [-0.15, -0.1) is 0 Å². The van der Waals surface area contributed by atoms with Gasteiger partial charge in [0.25, 0.3) is 0 Å². The molecule has 0 aliphatic carbocycles. The highest BCUT2D eigenvalue weighted by Gasteiger charge is 2.04. The zero-order valence-electron chi connectivity index (χ0n) is 6.31. The Balaban J connectivity index is 0. The maximum atomic E-state index is 9.10. The third-order valence-corrected chi connectivity index (χ3v) is 0.641. The summed E-state index contributed by atoms with van der Waals surface area (Å²) in [4.78, 5) is 18.2. The summed E-state index contributed by atoms with van der Waals surface area (Å²) in [5.41, 5.74) is 0. The third kappa shape index (κ3) is 17.7. The highest BCUT2D eigenvalue weighted by atomic mass is 16.5. The second kappa shape index (κ2) is 6.97. The predicted octanol–water partition coefficient (Wildman–Crippen LogP) is -0.517. The Morgan fingerprint density at radius 2 is 1.45 bits per heavy atom. The molecule has 3 N–H and O–H groups in total. The molecule has 66 valence electrons. The van der Waals surface area contributed by atoms with Crippen LogP contribution in [0, 0.1) is 0 Å². The third-order valence-electron chi connectivity index (χ3n) is 0.641. The quantitative estimate of drug-likeness (QED) is 0.357. The molecule has 0 aromatic heterocycles. The number of nitrogens with zero attached hydrogens (tertiary/aromatic N) is 1. The van der Waals surface area contributed by atoms with Crippen LogP contribution < -0.4 is 0 Å². The van der Waals surface area contributed by atoms with Crippen LogP contribution in [0.5, 0.6) is 0 Å². The molecular weight excluding hydrogens is 154 g/mol. The van der Waals surface area contributed by atoms with Gasteiger partial charge in [0.1, 0.15) is 0 Å². The van der Waals surface area contributed by atoms with Crippen molar-refractivity contribution in [1.29, 1.82) is 0 Å². The molecule has 6 nitrogen and oxygen atoms in total. The van der Waals surface area contributed by atoms with Gasteiger partial charge in [0.2, 0.25) is 0 Å². The molecule has 0 aliphatic rings. The first-order valence-corrected chi connectivity index (χ1v) is 2.78. The van der Waals surface area contributed by atoms with E-state index in [1.165, 1.54) is 0 Å². The van der Waals surface area contributed by atoms with E-state index in [9.17, 15) is 0 Å². The highest BCUT2D eigenvalue weighted by Crippen LogP contribution is 1.62. The van der Waals surface area contributed by atoms with E-state index in [0.717, 1.165) is 5.06 Å². The van der Waals surface area contributed by atoms with Crippen molar-refractivity contribution in [2.75, 3.05) is 13.6 Å². The summed E-state index contributed by atoms with van der Waals surface area (Å²) in [6, 6.07) is 0. The fourth-order valence-corrected chi connectivity index (χ4v) is 0. The Morgan fingerprint density at radius 1 is 1.27 bits per heavy atom. The number of carbonyl (C=O) groups is 2. The van der Waals surface area contributed by atoms with Crippen LogP contribution in [0.15, 0.2) is 0 Å². The number of hydrogen-bond donors (Lipinski definition) is 3. The molecule has 0 heterocycles. The van der Waals surface area contributed by atoms with Crippen molar-refractivity contribution < 1.29 is 25.0 Å². The van der Waals surface area contributed by atoms with Crippen molar-refractivity contribution in [1.82, 2.24) is 5.06 Å².